The van der Waals surface area contributed by atoms with E-state index >= 15 is 0 Å². The number of piperidine rings is 1. The monoisotopic (exact) mass is 330 g/mol. The van der Waals surface area contributed by atoms with Gasteiger partial charge in [-0.25, -0.2) is 0 Å². The molecule has 24 heavy (non-hydrogen) atoms. The SMILES string of the molecule is O=CN1CCN(C(=O)C2CCN(C(=O)c3cccnc3)CC2)CC1. The Bertz CT molecular complexity index is 591. The molecule has 0 bridgehead atoms. The summed E-state index contributed by atoms with van der Waals surface area (Å²) >= 11 is 0. The van der Waals surface area contributed by atoms with Crippen molar-refractivity contribution in [2.24, 2.45) is 5.92 Å². The van der Waals surface area contributed by atoms with Crippen LogP contribution < -0.4 is 0 Å². The van der Waals surface area contributed by atoms with Crippen molar-refractivity contribution in [3.8, 4) is 0 Å². The maximum atomic E-state index is 12.6. The highest BCUT2D eigenvalue weighted by atomic mass is 16.2. The molecule has 7 nitrogen and oxygen atoms in total. The molecule has 3 heterocycles. The van der Waals surface area contributed by atoms with E-state index in [-0.39, 0.29) is 17.7 Å². The number of aromatic nitrogens is 1. The molecule has 2 fully saturated rings. The van der Waals surface area contributed by atoms with Crippen LogP contribution in [0.1, 0.15) is 23.2 Å². The Kier molecular flexibility index (Phi) is 5.08. The zero-order chi connectivity index (χ0) is 16.9. The van der Waals surface area contributed by atoms with Crippen molar-refractivity contribution in [3.05, 3.63) is 30.1 Å². The van der Waals surface area contributed by atoms with E-state index in [0.717, 1.165) is 6.41 Å². The van der Waals surface area contributed by atoms with E-state index in [1.165, 1.54) is 0 Å². The molecule has 3 rings (SSSR count). The van der Waals surface area contributed by atoms with Gasteiger partial charge in [0.2, 0.25) is 12.3 Å². The molecule has 0 spiro atoms. The van der Waals surface area contributed by atoms with E-state index in [1.54, 1.807) is 34.3 Å². The quantitative estimate of drug-likeness (QED) is 0.744. The molecular weight excluding hydrogens is 308 g/mol. The second kappa shape index (κ2) is 7.42. The number of rotatable bonds is 3. The highest BCUT2D eigenvalue weighted by Gasteiger charge is 2.31. The second-order valence-corrected chi connectivity index (χ2v) is 6.27. The molecule has 0 saturated carbocycles. The van der Waals surface area contributed by atoms with Gasteiger partial charge in [-0.2, -0.15) is 0 Å². The Morgan fingerprint density at radius 2 is 1.75 bits per heavy atom. The Balaban J connectivity index is 1.51. The molecule has 0 unspecified atom stereocenters. The van der Waals surface area contributed by atoms with Crippen LogP contribution in [0, 0.1) is 5.92 Å². The normalized spacial score (nSPS) is 19.2. The summed E-state index contributed by atoms with van der Waals surface area (Å²) in [6.07, 6.45) is 5.44. The van der Waals surface area contributed by atoms with Crippen molar-refractivity contribution >= 4 is 18.2 Å². The van der Waals surface area contributed by atoms with Crippen LogP contribution in [0.15, 0.2) is 24.5 Å². The Hall–Kier alpha value is -2.44. The lowest BCUT2D eigenvalue weighted by Gasteiger charge is -2.37. The molecule has 7 heteroatoms. The van der Waals surface area contributed by atoms with Crippen LogP contribution in [-0.4, -0.2) is 77.2 Å². The number of pyridine rings is 1. The van der Waals surface area contributed by atoms with Crippen LogP contribution in [0.4, 0.5) is 0 Å². The van der Waals surface area contributed by atoms with Crippen molar-refractivity contribution in [2.45, 2.75) is 12.8 Å². The van der Waals surface area contributed by atoms with Crippen molar-refractivity contribution in [1.82, 2.24) is 19.7 Å². The highest BCUT2D eigenvalue weighted by molar-refractivity contribution is 5.94. The number of amides is 3. The number of nitrogens with zero attached hydrogens (tertiary/aromatic N) is 4. The number of hydrogen-bond donors (Lipinski definition) is 0. The van der Waals surface area contributed by atoms with E-state index < -0.39 is 0 Å². The van der Waals surface area contributed by atoms with Crippen molar-refractivity contribution in [2.75, 3.05) is 39.3 Å². The van der Waals surface area contributed by atoms with Gasteiger partial charge in [-0.1, -0.05) is 0 Å². The molecule has 0 aliphatic carbocycles. The van der Waals surface area contributed by atoms with E-state index in [1.807, 2.05) is 4.90 Å². The summed E-state index contributed by atoms with van der Waals surface area (Å²) in [5.74, 6) is 0.119. The summed E-state index contributed by atoms with van der Waals surface area (Å²) in [4.78, 5) is 45.1. The second-order valence-electron chi connectivity index (χ2n) is 6.27. The third-order valence-electron chi connectivity index (χ3n) is 4.81. The first kappa shape index (κ1) is 16.4. The Labute approximate surface area is 141 Å². The molecule has 2 saturated heterocycles. The summed E-state index contributed by atoms with van der Waals surface area (Å²) in [7, 11) is 0. The van der Waals surface area contributed by atoms with Crippen LogP contribution in [0.2, 0.25) is 0 Å². The summed E-state index contributed by atoms with van der Waals surface area (Å²) in [6, 6.07) is 3.52. The molecule has 128 valence electrons. The standard InChI is InChI=1S/C17H22N4O3/c22-13-19-8-10-21(11-9-19)16(23)14-3-6-20(7-4-14)17(24)15-2-1-5-18-12-15/h1-2,5,12-14H,3-4,6-11H2. The van der Waals surface area contributed by atoms with Crippen molar-refractivity contribution in [3.63, 3.8) is 0 Å². The van der Waals surface area contributed by atoms with Gasteiger partial charge in [-0.3, -0.25) is 19.4 Å². The molecule has 0 aromatic carbocycles. The fourth-order valence-corrected chi connectivity index (χ4v) is 3.31. The van der Waals surface area contributed by atoms with Gasteiger partial charge in [0.25, 0.3) is 5.91 Å². The van der Waals surface area contributed by atoms with Gasteiger partial charge < -0.3 is 14.7 Å². The first-order valence-electron chi connectivity index (χ1n) is 8.36. The third kappa shape index (κ3) is 3.55. The Morgan fingerprint density at radius 3 is 2.33 bits per heavy atom. The average molecular weight is 330 g/mol. The van der Waals surface area contributed by atoms with Crippen LogP contribution in [-0.2, 0) is 9.59 Å². The minimum atomic E-state index is -0.0225. The van der Waals surface area contributed by atoms with Gasteiger partial charge in [0.15, 0.2) is 0 Å². The summed E-state index contributed by atoms with van der Waals surface area (Å²) in [6.45, 7) is 3.61. The van der Waals surface area contributed by atoms with Crippen molar-refractivity contribution in [1.29, 1.82) is 0 Å². The molecule has 1 aromatic heterocycles. The number of carbonyl (C=O) groups is 3. The predicted molar refractivity (Wildman–Crippen MR) is 87.1 cm³/mol. The average Bonchev–Trinajstić information content (AvgIpc) is 2.68. The lowest BCUT2D eigenvalue weighted by molar-refractivity contribution is -0.140. The highest BCUT2D eigenvalue weighted by Crippen LogP contribution is 2.21. The molecule has 0 atom stereocenters. The number of hydrogen-bond acceptors (Lipinski definition) is 4. The number of piperazine rings is 1. The Morgan fingerprint density at radius 1 is 1.04 bits per heavy atom. The van der Waals surface area contributed by atoms with E-state index in [2.05, 4.69) is 4.98 Å². The van der Waals surface area contributed by atoms with Gasteiger partial charge in [0, 0.05) is 57.6 Å². The van der Waals surface area contributed by atoms with E-state index in [4.69, 9.17) is 0 Å². The zero-order valence-corrected chi connectivity index (χ0v) is 13.6. The topological polar surface area (TPSA) is 73.8 Å². The molecule has 3 amide bonds. The number of likely N-dealkylation sites (tertiary alicyclic amines) is 1. The lowest BCUT2D eigenvalue weighted by atomic mass is 9.94. The minimum Gasteiger partial charge on any atom is -0.342 e. The fraction of sp³-hybridized carbons (Fsp3) is 0.529. The van der Waals surface area contributed by atoms with Crippen LogP contribution in [0.3, 0.4) is 0 Å². The molecule has 0 N–H and O–H groups in total. The predicted octanol–water partition coefficient (Wildman–Crippen LogP) is 0.234. The van der Waals surface area contributed by atoms with Crippen LogP contribution in [0.25, 0.3) is 0 Å². The first-order chi connectivity index (χ1) is 11.7. The molecule has 2 aliphatic heterocycles. The van der Waals surface area contributed by atoms with Crippen molar-refractivity contribution < 1.29 is 14.4 Å². The molecule has 0 radical (unpaired) electrons. The van der Waals surface area contributed by atoms with Gasteiger partial charge in [0.05, 0.1) is 5.56 Å². The zero-order valence-electron chi connectivity index (χ0n) is 13.6. The fourth-order valence-electron chi connectivity index (χ4n) is 3.31. The van der Waals surface area contributed by atoms with Gasteiger partial charge in [0.1, 0.15) is 0 Å². The smallest absolute Gasteiger partial charge is 0.255 e. The van der Waals surface area contributed by atoms with Crippen LogP contribution >= 0.6 is 0 Å². The van der Waals surface area contributed by atoms with Gasteiger partial charge in [-0.15, -0.1) is 0 Å². The summed E-state index contributed by atoms with van der Waals surface area (Å²) in [5, 5.41) is 0. The maximum absolute atomic E-state index is 12.6. The van der Waals surface area contributed by atoms with E-state index in [0.29, 0.717) is 57.7 Å². The van der Waals surface area contributed by atoms with Gasteiger partial charge in [-0.05, 0) is 25.0 Å². The number of carbonyl (C=O) groups excluding carboxylic acids is 3. The lowest BCUT2D eigenvalue weighted by Crippen LogP contribution is -2.51. The van der Waals surface area contributed by atoms with Gasteiger partial charge >= 0.3 is 0 Å². The first-order valence-corrected chi connectivity index (χ1v) is 8.36. The van der Waals surface area contributed by atoms with E-state index in [9.17, 15) is 14.4 Å². The van der Waals surface area contributed by atoms with Crippen LogP contribution in [0.5, 0.6) is 0 Å². The maximum Gasteiger partial charge on any atom is 0.255 e. The summed E-state index contributed by atoms with van der Waals surface area (Å²) < 4.78 is 0. The summed E-state index contributed by atoms with van der Waals surface area (Å²) in [5.41, 5.74) is 0.590. The minimum absolute atomic E-state index is 0.0198. The molecule has 2 aliphatic rings. The largest absolute Gasteiger partial charge is 0.342 e. The molecular formula is C17H22N4O3. The molecule has 1 aromatic rings. The third-order valence-corrected chi connectivity index (χ3v) is 4.81.